The monoisotopic (exact) mass is 212 g/mol. The van der Waals surface area contributed by atoms with Crippen molar-refractivity contribution in [3.8, 4) is 0 Å². The van der Waals surface area contributed by atoms with E-state index in [-0.39, 0.29) is 5.78 Å². The number of carbonyl (C=O) groups excluding carboxylic acids is 3. The minimum atomic E-state index is -0.898. The smallest absolute Gasteiger partial charge is 0.375 e. The van der Waals surface area contributed by atoms with Crippen molar-refractivity contribution in [1.29, 1.82) is 0 Å². The molecular formula is C11H16O4. The summed E-state index contributed by atoms with van der Waals surface area (Å²) in [7, 11) is 1.16. The third-order valence-corrected chi connectivity index (χ3v) is 3.04. The zero-order valence-electron chi connectivity index (χ0n) is 9.12. The average molecular weight is 212 g/mol. The van der Waals surface area contributed by atoms with Crippen molar-refractivity contribution in [1.82, 2.24) is 0 Å². The van der Waals surface area contributed by atoms with Gasteiger partial charge >= 0.3 is 5.97 Å². The van der Waals surface area contributed by atoms with Gasteiger partial charge in [-0.2, -0.15) is 0 Å². The van der Waals surface area contributed by atoms with Crippen molar-refractivity contribution in [3.05, 3.63) is 0 Å². The molecule has 1 aliphatic carbocycles. The molecule has 1 aliphatic rings. The second kappa shape index (κ2) is 5.05. The molecule has 0 N–H and O–H groups in total. The predicted molar refractivity (Wildman–Crippen MR) is 53.2 cm³/mol. The molecule has 0 bridgehead atoms. The minimum Gasteiger partial charge on any atom is -0.463 e. The first-order valence-electron chi connectivity index (χ1n) is 5.25. The molecule has 84 valence electrons. The van der Waals surface area contributed by atoms with Crippen LogP contribution in [0.15, 0.2) is 0 Å². The van der Waals surface area contributed by atoms with Gasteiger partial charge in [-0.3, -0.25) is 9.59 Å². The van der Waals surface area contributed by atoms with Crippen LogP contribution in [-0.4, -0.2) is 24.6 Å². The van der Waals surface area contributed by atoms with Gasteiger partial charge in [0.05, 0.1) is 13.0 Å². The van der Waals surface area contributed by atoms with Gasteiger partial charge in [-0.05, 0) is 18.8 Å². The Morgan fingerprint density at radius 2 is 2.13 bits per heavy atom. The van der Waals surface area contributed by atoms with Crippen molar-refractivity contribution >= 4 is 17.5 Å². The number of rotatable bonds is 3. The maximum atomic E-state index is 11.5. The molecular weight excluding hydrogens is 196 g/mol. The summed E-state index contributed by atoms with van der Waals surface area (Å²) in [5, 5.41) is 0. The van der Waals surface area contributed by atoms with Gasteiger partial charge in [0.2, 0.25) is 5.78 Å². The molecule has 1 fully saturated rings. The van der Waals surface area contributed by atoms with Gasteiger partial charge in [-0.15, -0.1) is 0 Å². The average Bonchev–Trinajstić information content (AvgIpc) is 2.27. The SMILES string of the molecule is CCC1CCC(=O)C(C(=O)C(=O)OC)C1. The fraction of sp³-hybridized carbons (Fsp3) is 0.727. The predicted octanol–water partition coefficient (Wildman–Crippen LogP) is 1.12. The van der Waals surface area contributed by atoms with E-state index in [1.54, 1.807) is 0 Å². The van der Waals surface area contributed by atoms with Gasteiger partial charge in [0.15, 0.2) is 0 Å². The van der Waals surface area contributed by atoms with E-state index in [0.29, 0.717) is 18.8 Å². The Bertz CT molecular complexity index is 282. The van der Waals surface area contributed by atoms with Crippen LogP contribution in [0.4, 0.5) is 0 Å². The number of methoxy groups -OCH3 is 1. The number of ketones is 2. The van der Waals surface area contributed by atoms with E-state index in [0.717, 1.165) is 20.0 Å². The Hall–Kier alpha value is -1.19. The lowest BCUT2D eigenvalue weighted by Crippen LogP contribution is -2.35. The molecule has 1 saturated carbocycles. The normalized spacial score (nSPS) is 26.1. The van der Waals surface area contributed by atoms with E-state index in [9.17, 15) is 14.4 Å². The molecule has 4 heteroatoms. The topological polar surface area (TPSA) is 60.4 Å². The fourth-order valence-electron chi connectivity index (χ4n) is 1.97. The van der Waals surface area contributed by atoms with E-state index in [1.807, 2.05) is 6.92 Å². The van der Waals surface area contributed by atoms with Crippen LogP contribution in [0.5, 0.6) is 0 Å². The Morgan fingerprint density at radius 3 is 2.67 bits per heavy atom. The summed E-state index contributed by atoms with van der Waals surface area (Å²) in [5.41, 5.74) is 0. The summed E-state index contributed by atoms with van der Waals surface area (Å²) in [4.78, 5) is 34.0. The lowest BCUT2D eigenvalue weighted by atomic mass is 9.77. The van der Waals surface area contributed by atoms with Crippen LogP contribution < -0.4 is 0 Å². The van der Waals surface area contributed by atoms with Gasteiger partial charge in [0, 0.05) is 6.42 Å². The molecule has 0 heterocycles. The largest absolute Gasteiger partial charge is 0.463 e. The molecule has 0 saturated heterocycles. The van der Waals surface area contributed by atoms with Crippen LogP contribution in [0.1, 0.15) is 32.6 Å². The van der Waals surface area contributed by atoms with E-state index >= 15 is 0 Å². The number of hydrogen-bond donors (Lipinski definition) is 0. The molecule has 0 aliphatic heterocycles. The van der Waals surface area contributed by atoms with Gasteiger partial charge < -0.3 is 4.74 Å². The highest BCUT2D eigenvalue weighted by atomic mass is 16.5. The molecule has 0 spiro atoms. The summed E-state index contributed by atoms with van der Waals surface area (Å²) >= 11 is 0. The minimum absolute atomic E-state index is 0.116. The van der Waals surface area contributed by atoms with Crippen LogP contribution >= 0.6 is 0 Å². The van der Waals surface area contributed by atoms with Gasteiger partial charge in [-0.1, -0.05) is 13.3 Å². The lowest BCUT2D eigenvalue weighted by Gasteiger charge is -2.25. The first kappa shape index (κ1) is 11.9. The van der Waals surface area contributed by atoms with Crippen LogP contribution in [0.2, 0.25) is 0 Å². The second-order valence-electron chi connectivity index (χ2n) is 3.92. The maximum Gasteiger partial charge on any atom is 0.375 e. The van der Waals surface area contributed by atoms with Crippen molar-refractivity contribution < 1.29 is 19.1 Å². The fourth-order valence-corrected chi connectivity index (χ4v) is 1.97. The molecule has 4 nitrogen and oxygen atoms in total. The van der Waals surface area contributed by atoms with E-state index < -0.39 is 17.7 Å². The highest BCUT2D eigenvalue weighted by molar-refractivity contribution is 6.38. The Balaban J connectivity index is 2.69. The number of hydrogen-bond acceptors (Lipinski definition) is 4. The Kier molecular flexibility index (Phi) is 4.00. The summed E-state index contributed by atoms with van der Waals surface area (Å²) in [5.74, 6) is -2.07. The van der Waals surface area contributed by atoms with Crippen molar-refractivity contribution in [2.24, 2.45) is 11.8 Å². The lowest BCUT2D eigenvalue weighted by molar-refractivity contribution is -0.156. The van der Waals surface area contributed by atoms with Crippen LogP contribution in [0.3, 0.4) is 0 Å². The number of ether oxygens (including phenoxy) is 1. The summed E-state index contributed by atoms with van der Waals surface area (Å²) in [6.07, 6.45) is 2.69. The quantitative estimate of drug-likeness (QED) is 0.399. The molecule has 0 radical (unpaired) electrons. The van der Waals surface area contributed by atoms with E-state index in [4.69, 9.17) is 0 Å². The van der Waals surface area contributed by atoms with Crippen molar-refractivity contribution in [2.45, 2.75) is 32.6 Å². The summed E-state index contributed by atoms with van der Waals surface area (Å²) < 4.78 is 4.34. The van der Waals surface area contributed by atoms with Crippen molar-refractivity contribution in [2.75, 3.05) is 7.11 Å². The van der Waals surface area contributed by atoms with E-state index in [1.165, 1.54) is 0 Å². The Labute approximate surface area is 89.0 Å². The van der Waals surface area contributed by atoms with Crippen molar-refractivity contribution in [3.63, 3.8) is 0 Å². The highest BCUT2D eigenvalue weighted by Crippen LogP contribution is 2.29. The van der Waals surface area contributed by atoms with Crippen LogP contribution in [0, 0.1) is 11.8 Å². The first-order chi connectivity index (χ1) is 7.10. The number of Topliss-reactive ketones (excluding diaryl/α,β-unsaturated/α-hetero) is 2. The third kappa shape index (κ3) is 2.64. The first-order valence-corrected chi connectivity index (χ1v) is 5.25. The standard InChI is InChI=1S/C11H16O4/c1-3-7-4-5-9(12)8(6-7)10(13)11(14)15-2/h7-8H,3-6H2,1-2H3. The number of esters is 1. The zero-order valence-corrected chi connectivity index (χ0v) is 9.12. The molecule has 2 unspecified atom stereocenters. The van der Waals surface area contributed by atoms with Crippen LogP contribution in [0.25, 0.3) is 0 Å². The van der Waals surface area contributed by atoms with Crippen LogP contribution in [-0.2, 0) is 19.1 Å². The summed E-state index contributed by atoms with van der Waals surface area (Å²) in [6, 6.07) is 0. The summed E-state index contributed by atoms with van der Waals surface area (Å²) in [6.45, 7) is 2.03. The molecule has 0 aromatic heterocycles. The molecule has 2 atom stereocenters. The third-order valence-electron chi connectivity index (χ3n) is 3.04. The maximum absolute atomic E-state index is 11.5. The zero-order chi connectivity index (χ0) is 11.4. The Morgan fingerprint density at radius 1 is 1.47 bits per heavy atom. The van der Waals surface area contributed by atoms with Gasteiger partial charge in [0.25, 0.3) is 0 Å². The molecule has 15 heavy (non-hydrogen) atoms. The molecule has 0 aromatic rings. The highest BCUT2D eigenvalue weighted by Gasteiger charge is 2.36. The molecule has 0 aromatic carbocycles. The molecule has 1 rings (SSSR count). The number of carbonyl (C=O) groups is 3. The van der Waals surface area contributed by atoms with Gasteiger partial charge in [-0.25, -0.2) is 4.79 Å². The van der Waals surface area contributed by atoms with Gasteiger partial charge in [0.1, 0.15) is 5.78 Å². The second-order valence-corrected chi connectivity index (χ2v) is 3.92. The van der Waals surface area contributed by atoms with E-state index in [2.05, 4.69) is 4.74 Å². The molecule has 0 amide bonds.